The van der Waals surface area contributed by atoms with Gasteiger partial charge in [0.2, 0.25) is 5.82 Å². The van der Waals surface area contributed by atoms with Gasteiger partial charge in [0.15, 0.2) is 5.69 Å². The maximum absolute atomic E-state index is 11.0. The van der Waals surface area contributed by atoms with E-state index in [1.54, 1.807) is 20.0 Å². The highest BCUT2D eigenvalue weighted by atomic mass is 16.6. The lowest BCUT2D eigenvalue weighted by Gasteiger charge is -2.17. The lowest BCUT2D eigenvalue weighted by molar-refractivity contribution is -0.384. The number of nitro groups is 1. The number of anilines is 1. The molecule has 0 saturated heterocycles. The molecule has 2 rings (SSSR count). The zero-order valence-electron chi connectivity index (χ0n) is 11.4. The summed E-state index contributed by atoms with van der Waals surface area (Å²) >= 11 is 0. The van der Waals surface area contributed by atoms with Gasteiger partial charge in [0.05, 0.1) is 11.2 Å². The Balaban J connectivity index is 2.39. The Morgan fingerprint density at radius 2 is 2.19 bits per heavy atom. The molecule has 110 valence electrons. The minimum atomic E-state index is -1.24. The number of carboxylic acids is 1. The van der Waals surface area contributed by atoms with Crippen LogP contribution in [-0.2, 0) is 6.54 Å². The van der Waals surface area contributed by atoms with Crippen molar-refractivity contribution in [1.29, 1.82) is 0 Å². The van der Waals surface area contributed by atoms with E-state index < -0.39 is 10.9 Å². The Hall–Kier alpha value is -2.90. The molecule has 0 aliphatic heterocycles. The molecule has 0 aliphatic rings. The predicted molar refractivity (Wildman–Crippen MR) is 73.4 cm³/mol. The summed E-state index contributed by atoms with van der Waals surface area (Å²) in [5.74, 6) is -0.543. The molecular formula is C13H13N3O5. The van der Waals surface area contributed by atoms with E-state index in [0.717, 1.165) is 17.7 Å². The van der Waals surface area contributed by atoms with Gasteiger partial charge in [-0.2, -0.15) is 0 Å². The first-order valence-corrected chi connectivity index (χ1v) is 6.03. The molecule has 0 atom stereocenters. The average molecular weight is 291 g/mol. The van der Waals surface area contributed by atoms with Crippen molar-refractivity contribution in [3.8, 4) is 0 Å². The van der Waals surface area contributed by atoms with E-state index in [4.69, 9.17) is 9.52 Å². The summed E-state index contributed by atoms with van der Waals surface area (Å²) < 4.78 is 5.17. The quantitative estimate of drug-likeness (QED) is 0.664. The van der Waals surface area contributed by atoms with Gasteiger partial charge >= 0.3 is 11.7 Å². The van der Waals surface area contributed by atoms with E-state index in [1.165, 1.54) is 11.2 Å². The molecule has 2 aromatic rings. The van der Waals surface area contributed by atoms with Crippen LogP contribution in [0.2, 0.25) is 0 Å². The predicted octanol–water partition coefficient (Wildman–Crippen LogP) is 2.23. The molecule has 0 saturated carbocycles. The molecule has 8 heteroatoms. The van der Waals surface area contributed by atoms with Crippen LogP contribution in [0.1, 0.15) is 21.8 Å². The van der Waals surface area contributed by atoms with Crippen molar-refractivity contribution in [2.24, 2.45) is 0 Å². The minimum absolute atomic E-state index is 0.000463. The second kappa shape index (κ2) is 5.61. The molecule has 8 nitrogen and oxygen atoms in total. The fraction of sp³-hybridized carbons (Fsp3) is 0.231. The lowest BCUT2D eigenvalue weighted by Crippen LogP contribution is -2.20. The van der Waals surface area contributed by atoms with E-state index in [-0.39, 0.29) is 17.2 Å². The standard InChI is InChI=1S/C13H13N3O5/c1-8-9(5-6-21-8)7-15(2)12-11(16(19)20)4-3-10(14-12)13(17)18/h3-6H,7H2,1-2H3,(H,17,18). The summed E-state index contributed by atoms with van der Waals surface area (Å²) in [7, 11) is 1.60. The molecule has 0 aromatic carbocycles. The van der Waals surface area contributed by atoms with E-state index in [9.17, 15) is 14.9 Å². The van der Waals surface area contributed by atoms with E-state index in [1.807, 2.05) is 0 Å². The second-order valence-electron chi connectivity index (χ2n) is 4.46. The number of aromatic carboxylic acids is 1. The van der Waals surface area contributed by atoms with Gasteiger partial charge in [-0.1, -0.05) is 0 Å². The van der Waals surface area contributed by atoms with Gasteiger partial charge in [-0.3, -0.25) is 10.1 Å². The third-order valence-electron chi connectivity index (χ3n) is 3.01. The summed E-state index contributed by atoms with van der Waals surface area (Å²) in [6.07, 6.45) is 1.52. The minimum Gasteiger partial charge on any atom is -0.477 e. The lowest BCUT2D eigenvalue weighted by atomic mass is 10.2. The van der Waals surface area contributed by atoms with Crippen molar-refractivity contribution >= 4 is 17.5 Å². The Labute approximate surface area is 119 Å². The van der Waals surface area contributed by atoms with Gasteiger partial charge in [-0.15, -0.1) is 0 Å². The summed E-state index contributed by atoms with van der Waals surface area (Å²) in [6.45, 7) is 2.10. The number of aromatic nitrogens is 1. The monoisotopic (exact) mass is 291 g/mol. The van der Waals surface area contributed by atoms with Gasteiger partial charge < -0.3 is 14.4 Å². The highest BCUT2D eigenvalue weighted by molar-refractivity contribution is 5.86. The summed E-state index contributed by atoms with van der Waals surface area (Å²) in [5, 5.41) is 20.0. The maximum atomic E-state index is 11.0. The molecule has 0 aliphatic carbocycles. The molecule has 2 aromatic heterocycles. The molecule has 0 spiro atoms. The average Bonchev–Trinajstić information content (AvgIpc) is 2.83. The molecule has 0 bridgehead atoms. The first kappa shape index (κ1) is 14.5. The normalized spacial score (nSPS) is 10.4. The zero-order chi connectivity index (χ0) is 15.6. The topological polar surface area (TPSA) is 110 Å². The van der Waals surface area contributed by atoms with Gasteiger partial charge in [0.1, 0.15) is 5.76 Å². The van der Waals surface area contributed by atoms with Crippen LogP contribution in [-0.4, -0.2) is 28.0 Å². The highest BCUT2D eigenvalue weighted by Crippen LogP contribution is 2.27. The van der Waals surface area contributed by atoms with Crippen LogP contribution >= 0.6 is 0 Å². The molecule has 0 amide bonds. The summed E-state index contributed by atoms with van der Waals surface area (Å²) in [6, 6.07) is 4.00. The number of carbonyl (C=O) groups is 1. The van der Waals surface area contributed by atoms with E-state index in [2.05, 4.69) is 4.98 Å². The summed E-state index contributed by atoms with van der Waals surface area (Å²) in [5.41, 5.74) is 0.351. The number of aryl methyl sites for hydroxylation is 1. The third-order valence-corrected chi connectivity index (χ3v) is 3.01. The highest BCUT2D eigenvalue weighted by Gasteiger charge is 2.22. The van der Waals surface area contributed by atoms with Crippen LogP contribution in [0.3, 0.4) is 0 Å². The van der Waals surface area contributed by atoms with Crippen LogP contribution in [0.5, 0.6) is 0 Å². The van der Waals surface area contributed by atoms with Crippen molar-refractivity contribution in [3.63, 3.8) is 0 Å². The number of nitrogens with zero attached hydrogens (tertiary/aromatic N) is 3. The van der Waals surface area contributed by atoms with Crippen LogP contribution in [0.4, 0.5) is 11.5 Å². The molecular weight excluding hydrogens is 278 g/mol. The fourth-order valence-corrected chi connectivity index (χ4v) is 1.89. The molecule has 0 radical (unpaired) electrons. The van der Waals surface area contributed by atoms with Gasteiger partial charge in [-0.05, 0) is 19.1 Å². The number of hydrogen-bond donors (Lipinski definition) is 1. The second-order valence-corrected chi connectivity index (χ2v) is 4.46. The number of rotatable bonds is 5. The van der Waals surface area contributed by atoms with Gasteiger partial charge in [-0.25, -0.2) is 9.78 Å². The Morgan fingerprint density at radius 3 is 2.71 bits per heavy atom. The number of hydrogen-bond acceptors (Lipinski definition) is 6. The van der Waals surface area contributed by atoms with Gasteiger partial charge in [0, 0.05) is 25.2 Å². The van der Waals surface area contributed by atoms with Crippen molar-refractivity contribution in [2.45, 2.75) is 13.5 Å². The first-order valence-electron chi connectivity index (χ1n) is 6.03. The zero-order valence-corrected chi connectivity index (χ0v) is 11.4. The van der Waals surface area contributed by atoms with Crippen molar-refractivity contribution in [3.05, 3.63) is 51.6 Å². The van der Waals surface area contributed by atoms with Crippen molar-refractivity contribution in [1.82, 2.24) is 4.98 Å². The molecule has 0 fully saturated rings. The SMILES string of the molecule is Cc1occc1CN(C)c1nc(C(=O)O)ccc1[N+](=O)[O-]. The van der Waals surface area contributed by atoms with Gasteiger partial charge in [0.25, 0.3) is 0 Å². The molecule has 1 N–H and O–H groups in total. The van der Waals surface area contributed by atoms with Crippen LogP contribution in [0, 0.1) is 17.0 Å². The Morgan fingerprint density at radius 1 is 1.48 bits per heavy atom. The third kappa shape index (κ3) is 2.99. The number of pyridine rings is 1. The summed E-state index contributed by atoms with van der Waals surface area (Å²) in [4.78, 5) is 26.8. The van der Waals surface area contributed by atoms with Crippen LogP contribution < -0.4 is 4.90 Å². The fourth-order valence-electron chi connectivity index (χ4n) is 1.89. The maximum Gasteiger partial charge on any atom is 0.354 e. The van der Waals surface area contributed by atoms with Crippen LogP contribution in [0.15, 0.2) is 28.9 Å². The number of furan rings is 1. The largest absolute Gasteiger partial charge is 0.477 e. The molecule has 2 heterocycles. The Bertz CT molecular complexity index is 695. The van der Waals surface area contributed by atoms with E-state index >= 15 is 0 Å². The smallest absolute Gasteiger partial charge is 0.354 e. The van der Waals surface area contributed by atoms with E-state index in [0.29, 0.717) is 12.3 Å². The number of carboxylic acid groups (broad SMARTS) is 1. The molecule has 0 unspecified atom stereocenters. The van der Waals surface area contributed by atoms with Crippen LogP contribution in [0.25, 0.3) is 0 Å². The Kier molecular flexibility index (Phi) is 3.88. The van der Waals surface area contributed by atoms with Crippen molar-refractivity contribution in [2.75, 3.05) is 11.9 Å². The van der Waals surface area contributed by atoms with Crippen molar-refractivity contribution < 1.29 is 19.2 Å². The molecule has 21 heavy (non-hydrogen) atoms. The first-order chi connectivity index (χ1) is 9.90.